The summed E-state index contributed by atoms with van der Waals surface area (Å²) in [5, 5.41) is 7.58. The molecule has 10 nitrogen and oxygen atoms in total. The van der Waals surface area contributed by atoms with Gasteiger partial charge in [-0.25, -0.2) is 12.8 Å². The number of halogens is 1. The number of carbonyl (C=O) groups excluding carboxylic acids is 1. The first-order valence-electron chi connectivity index (χ1n) is 13.7. The van der Waals surface area contributed by atoms with Gasteiger partial charge in [0.25, 0.3) is 0 Å². The summed E-state index contributed by atoms with van der Waals surface area (Å²) in [5.41, 5.74) is 6.52. The Labute approximate surface area is 240 Å². The van der Waals surface area contributed by atoms with Gasteiger partial charge in [-0.15, -0.1) is 0 Å². The molecular formula is C29H36FN5O5S. The summed E-state index contributed by atoms with van der Waals surface area (Å²) in [6, 6.07) is 12.7. The van der Waals surface area contributed by atoms with E-state index < -0.39 is 34.1 Å². The molecule has 0 amide bonds. The molecule has 0 aliphatic carbocycles. The zero-order valence-electron chi connectivity index (χ0n) is 23.1. The fraction of sp³-hybridized carbons (Fsp3) is 0.414. The standard InChI is InChI=1S/C29H36FN5O5S/c1-2-39-28(36)20-41(37,38)35(19-23(30)18-21-5-3-6-22(17-21)29(31)32)24-8-10-25(11-9-24)40-26-12-15-34(16-13-26)27-7-4-14-33-27/h3,5-6,8-11,17-18,26H,2,4,7,12-16,19-20H2,1H3,(H3,31,32)/b23-18+. The van der Waals surface area contributed by atoms with Gasteiger partial charge in [0.2, 0.25) is 10.0 Å². The molecule has 3 N–H and O–H groups in total. The average molecular weight is 586 g/mol. The molecule has 0 saturated carbocycles. The molecule has 0 bridgehead atoms. The molecule has 4 rings (SSSR count). The molecule has 12 heteroatoms. The number of amidine groups is 2. The van der Waals surface area contributed by atoms with Gasteiger partial charge in [0.1, 0.15) is 23.5 Å². The Bertz CT molecular complexity index is 1400. The van der Waals surface area contributed by atoms with Crippen LogP contribution >= 0.6 is 0 Å². The third-order valence-electron chi connectivity index (χ3n) is 6.84. The highest BCUT2D eigenvalue weighted by molar-refractivity contribution is 7.93. The number of esters is 1. The molecule has 2 aliphatic heterocycles. The van der Waals surface area contributed by atoms with Crippen LogP contribution in [0, 0.1) is 5.41 Å². The maximum Gasteiger partial charge on any atom is 0.323 e. The summed E-state index contributed by atoms with van der Waals surface area (Å²) in [5.74, 6) is -1.04. The highest BCUT2D eigenvalue weighted by atomic mass is 32.2. The van der Waals surface area contributed by atoms with Crippen LogP contribution < -0.4 is 14.8 Å². The molecule has 0 aromatic heterocycles. The minimum absolute atomic E-state index is 0.0220. The van der Waals surface area contributed by atoms with Crippen LogP contribution in [0.2, 0.25) is 0 Å². The summed E-state index contributed by atoms with van der Waals surface area (Å²) in [7, 11) is -4.29. The predicted octanol–water partition coefficient (Wildman–Crippen LogP) is 3.72. The van der Waals surface area contributed by atoms with E-state index in [0.717, 1.165) is 49.6 Å². The molecule has 1 fully saturated rings. The molecular weight excluding hydrogens is 549 g/mol. The first-order chi connectivity index (χ1) is 19.6. The highest BCUT2D eigenvalue weighted by Gasteiger charge is 2.28. The lowest BCUT2D eigenvalue weighted by molar-refractivity contribution is -0.139. The van der Waals surface area contributed by atoms with Crippen LogP contribution in [0.25, 0.3) is 6.08 Å². The number of nitrogens with two attached hydrogens (primary N) is 1. The van der Waals surface area contributed by atoms with Crippen molar-refractivity contribution in [2.75, 3.05) is 42.8 Å². The van der Waals surface area contributed by atoms with Crippen molar-refractivity contribution in [3.63, 3.8) is 0 Å². The SMILES string of the molecule is CCOC(=O)CS(=O)(=O)N(C/C(F)=C\c1cccc(C(=N)N)c1)c1ccc(OC2CCN(C3=NCCC3)CC2)cc1. The van der Waals surface area contributed by atoms with Crippen LogP contribution in [0.3, 0.4) is 0 Å². The van der Waals surface area contributed by atoms with E-state index in [2.05, 4.69) is 9.89 Å². The fourth-order valence-electron chi connectivity index (χ4n) is 4.84. The topological polar surface area (TPSA) is 138 Å². The lowest BCUT2D eigenvalue weighted by atomic mass is 10.1. The predicted molar refractivity (Wildman–Crippen MR) is 158 cm³/mol. The first kappa shape index (κ1) is 30.0. The van der Waals surface area contributed by atoms with E-state index in [9.17, 15) is 13.2 Å². The van der Waals surface area contributed by atoms with Crippen LogP contribution in [-0.4, -0.2) is 75.6 Å². The maximum absolute atomic E-state index is 15.2. The van der Waals surface area contributed by atoms with Gasteiger partial charge in [-0.3, -0.25) is 19.5 Å². The quantitative estimate of drug-likeness (QED) is 0.233. The molecule has 1 saturated heterocycles. The van der Waals surface area contributed by atoms with Crippen molar-refractivity contribution in [2.24, 2.45) is 10.7 Å². The summed E-state index contributed by atoms with van der Waals surface area (Å²) in [4.78, 5) is 18.9. The Morgan fingerprint density at radius 2 is 1.95 bits per heavy atom. The number of nitrogens with zero attached hydrogens (tertiary/aromatic N) is 3. The van der Waals surface area contributed by atoms with Gasteiger partial charge in [0.05, 0.1) is 24.7 Å². The zero-order valence-corrected chi connectivity index (χ0v) is 23.9. The summed E-state index contributed by atoms with van der Waals surface area (Å²) in [6.07, 6.45) is 5.03. The third-order valence-corrected chi connectivity index (χ3v) is 8.46. The Hall–Kier alpha value is -3.93. The number of likely N-dealkylation sites (tertiary alicyclic amines) is 1. The molecule has 0 radical (unpaired) electrons. The van der Waals surface area contributed by atoms with Gasteiger partial charge >= 0.3 is 5.97 Å². The number of rotatable bonds is 11. The molecule has 2 aromatic carbocycles. The second-order valence-corrected chi connectivity index (χ2v) is 11.8. The normalized spacial score (nSPS) is 16.3. The van der Waals surface area contributed by atoms with Gasteiger partial charge in [-0.1, -0.05) is 18.2 Å². The number of aliphatic imine (C=N–C) groups is 1. The van der Waals surface area contributed by atoms with Crippen molar-refractivity contribution in [1.29, 1.82) is 5.41 Å². The minimum Gasteiger partial charge on any atom is -0.490 e. The van der Waals surface area contributed by atoms with Crippen molar-refractivity contribution < 1.29 is 27.1 Å². The number of hydrogen-bond acceptors (Lipinski definition) is 8. The molecule has 0 spiro atoms. The maximum atomic E-state index is 15.2. The Morgan fingerprint density at radius 3 is 2.59 bits per heavy atom. The van der Waals surface area contributed by atoms with Gasteiger partial charge < -0.3 is 20.1 Å². The van der Waals surface area contributed by atoms with Crippen molar-refractivity contribution in [2.45, 2.75) is 38.7 Å². The van der Waals surface area contributed by atoms with Crippen molar-refractivity contribution in [3.05, 3.63) is 65.5 Å². The van der Waals surface area contributed by atoms with Gasteiger partial charge in [-0.2, -0.15) is 0 Å². The summed E-state index contributed by atoms with van der Waals surface area (Å²) >= 11 is 0. The minimum atomic E-state index is -4.29. The average Bonchev–Trinajstić information content (AvgIpc) is 3.48. The number of nitrogens with one attached hydrogen (secondary N) is 1. The van der Waals surface area contributed by atoms with E-state index in [-0.39, 0.29) is 24.2 Å². The second-order valence-electron chi connectivity index (χ2n) is 9.90. The monoisotopic (exact) mass is 585 g/mol. The van der Waals surface area contributed by atoms with Crippen molar-refractivity contribution >= 4 is 39.4 Å². The molecule has 41 heavy (non-hydrogen) atoms. The van der Waals surface area contributed by atoms with E-state index in [1.807, 2.05) is 0 Å². The Morgan fingerprint density at radius 1 is 1.22 bits per heavy atom. The third kappa shape index (κ3) is 8.29. The van der Waals surface area contributed by atoms with Gasteiger partial charge in [0, 0.05) is 44.5 Å². The van der Waals surface area contributed by atoms with E-state index in [0.29, 0.717) is 16.9 Å². The van der Waals surface area contributed by atoms with Crippen molar-refractivity contribution in [3.8, 4) is 5.75 Å². The number of piperidine rings is 1. The number of hydrogen-bond donors (Lipinski definition) is 2. The van der Waals surface area contributed by atoms with Crippen LogP contribution in [0.1, 0.15) is 43.7 Å². The van der Waals surface area contributed by atoms with Crippen LogP contribution in [-0.2, 0) is 19.6 Å². The molecule has 220 valence electrons. The van der Waals surface area contributed by atoms with E-state index in [1.54, 1.807) is 37.3 Å². The van der Waals surface area contributed by atoms with Gasteiger partial charge in [-0.05, 0) is 55.3 Å². The van der Waals surface area contributed by atoms with Crippen LogP contribution in [0.4, 0.5) is 10.1 Å². The molecule has 0 atom stereocenters. The van der Waals surface area contributed by atoms with Crippen LogP contribution in [0.15, 0.2) is 59.4 Å². The molecule has 2 heterocycles. The van der Waals surface area contributed by atoms with E-state index >= 15 is 4.39 Å². The number of carbonyl (C=O) groups is 1. The highest BCUT2D eigenvalue weighted by Crippen LogP contribution is 2.27. The summed E-state index contributed by atoms with van der Waals surface area (Å²) < 4.78 is 53.5. The second kappa shape index (κ2) is 13.6. The number of sulfonamides is 1. The fourth-order valence-corrected chi connectivity index (χ4v) is 6.14. The number of anilines is 1. The first-order valence-corrected chi connectivity index (χ1v) is 15.3. The molecule has 0 unspecified atom stereocenters. The number of nitrogen functional groups attached to an aromatic ring is 1. The van der Waals surface area contributed by atoms with Gasteiger partial charge in [0.15, 0.2) is 5.75 Å². The number of benzene rings is 2. The lowest BCUT2D eigenvalue weighted by Gasteiger charge is -2.33. The zero-order chi connectivity index (χ0) is 29.4. The van der Waals surface area contributed by atoms with E-state index in [1.165, 1.54) is 30.1 Å². The number of ether oxygens (including phenoxy) is 2. The Kier molecular flexibility index (Phi) is 9.98. The summed E-state index contributed by atoms with van der Waals surface area (Å²) in [6.45, 7) is 3.61. The Balaban J connectivity index is 1.49. The smallest absolute Gasteiger partial charge is 0.323 e. The van der Waals surface area contributed by atoms with E-state index in [4.69, 9.17) is 20.6 Å². The van der Waals surface area contributed by atoms with Crippen LogP contribution in [0.5, 0.6) is 5.75 Å². The van der Waals surface area contributed by atoms with Crippen molar-refractivity contribution in [1.82, 2.24) is 4.90 Å². The molecule has 2 aliphatic rings. The largest absolute Gasteiger partial charge is 0.490 e. The lowest BCUT2D eigenvalue weighted by Crippen LogP contribution is -2.41. The molecule has 2 aromatic rings.